The van der Waals surface area contributed by atoms with Crippen molar-refractivity contribution in [2.45, 2.75) is 32.2 Å². The van der Waals surface area contributed by atoms with E-state index in [9.17, 15) is 8.78 Å². The van der Waals surface area contributed by atoms with Crippen LogP contribution in [0.2, 0.25) is 0 Å². The van der Waals surface area contributed by atoms with E-state index in [1.807, 2.05) is 0 Å². The maximum atomic E-state index is 13.9. The Labute approximate surface area is 113 Å². The van der Waals surface area contributed by atoms with Gasteiger partial charge in [-0.3, -0.25) is 0 Å². The molecule has 2 nitrogen and oxygen atoms in total. The molecule has 1 N–H and O–H groups in total. The van der Waals surface area contributed by atoms with Gasteiger partial charge in [0.1, 0.15) is 11.6 Å². The number of benzene rings is 1. The minimum Gasteiger partial charge on any atom is -0.381 e. The van der Waals surface area contributed by atoms with Crippen molar-refractivity contribution in [3.05, 3.63) is 35.4 Å². The van der Waals surface area contributed by atoms with Crippen molar-refractivity contribution < 1.29 is 13.5 Å². The number of ether oxygens (including phenoxy) is 1. The normalized spacial score (nSPS) is 20.7. The van der Waals surface area contributed by atoms with Gasteiger partial charge in [0.05, 0.1) is 0 Å². The second-order valence-corrected chi connectivity index (χ2v) is 5.14. The highest BCUT2D eigenvalue weighted by Crippen LogP contribution is 2.28. The number of nitrogens with one attached hydrogen (secondary N) is 1. The zero-order valence-electron chi connectivity index (χ0n) is 11.3. The molecule has 1 aliphatic heterocycles. The zero-order chi connectivity index (χ0) is 13.7. The van der Waals surface area contributed by atoms with Crippen LogP contribution in [0.5, 0.6) is 0 Å². The summed E-state index contributed by atoms with van der Waals surface area (Å²) in [5.41, 5.74) is 0.557. The van der Waals surface area contributed by atoms with Crippen molar-refractivity contribution in [3.8, 4) is 0 Å². The van der Waals surface area contributed by atoms with Crippen molar-refractivity contribution in [1.82, 2.24) is 5.32 Å². The molecule has 0 bridgehead atoms. The van der Waals surface area contributed by atoms with Crippen LogP contribution < -0.4 is 5.32 Å². The fraction of sp³-hybridized carbons (Fsp3) is 0.600. The Morgan fingerprint density at radius 1 is 1.42 bits per heavy atom. The fourth-order valence-corrected chi connectivity index (χ4v) is 2.53. The topological polar surface area (TPSA) is 21.3 Å². The molecule has 0 aromatic heterocycles. The Morgan fingerprint density at radius 2 is 2.26 bits per heavy atom. The molecular formula is C15H21F2NO. The van der Waals surface area contributed by atoms with Crippen LogP contribution in [0.1, 0.15) is 37.8 Å². The number of rotatable bonds is 6. The van der Waals surface area contributed by atoms with Gasteiger partial charge in [-0.2, -0.15) is 0 Å². The molecule has 1 saturated heterocycles. The molecule has 2 atom stereocenters. The Bertz CT molecular complexity index is 405. The van der Waals surface area contributed by atoms with Crippen molar-refractivity contribution in [3.63, 3.8) is 0 Å². The highest BCUT2D eigenvalue weighted by Gasteiger charge is 2.23. The van der Waals surface area contributed by atoms with E-state index in [2.05, 4.69) is 12.2 Å². The van der Waals surface area contributed by atoms with E-state index in [1.165, 1.54) is 6.07 Å². The van der Waals surface area contributed by atoms with E-state index in [0.717, 1.165) is 45.1 Å². The summed E-state index contributed by atoms with van der Waals surface area (Å²) in [6.07, 6.45) is 2.84. The van der Waals surface area contributed by atoms with E-state index in [4.69, 9.17) is 4.74 Å². The van der Waals surface area contributed by atoms with Crippen molar-refractivity contribution in [2.24, 2.45) is 5.92 Å². The molecule has 1 aliphatic rings. The first kappa shape index (κ1) is 14.4. The summed E-state index contributed by atoms with van der Waals surface area (Å²) in [6, 6.07) is 3.77. The summed E-state index contributed by atoms with van der Waals surface area (Å²) < 4.78 is 32.2. The fourth-order valence-electron chi connectivity index (χ4n) is 2.53. The molecule has 1 aromatic carbocycles. The highest BCUT2D eigenvalue weighted by atomic mass is 19.1. The van der Waals surface area contributed by atoms with Gasteiger partial charge in [0.25, 0.3) is 0 Å². The van der Waals surface area contributed by atoms with Crippen LogP contribution in [0.3, 0.4) is 0 Å². The molecule has 2 unspecified atom stereocenters. The summed E-state index contributed by atoms with van der Waals surface area (Å²) in [5.74, 6) is -0.536. The standard InChI is InChI=1S/C15H21F2NO/c1-2-6-18-15(8-11-5-7-19-10-11)13-4-3-12(16)9-14(13)17/h3-4,9,11,15,18H,2,5-8,10H2,1H3. The van der Waals surface area contributed by atoms with Crippen LogP contribution >= 0.6 is 0 Å². The van der Waals surface area contributed by atoms with Gasteiger partial charge < -0.3 is 10.1 Å². The quantitative estimate of drug-likeness (QED) is 0.854. The van der Waals surface area contributed by atoms with E-state index >= 15 is 0 Å². The number of halogens is 2. The molecule has 0 radical (unpaired) electrons. The monoisotopic (exact) mass is 269 g/mol. The molecule has 0 spiro atoms. The third kappa shape index (κ3) is 3.98. The van der Waals surface area contributed by atoms with Gasteiger partial charge >= 0.3 is 0 Å². The molecule has 0 amide bonds. The van der Waals surface area contributed by atoms with Crippen LogP contribution in [0.25, 0.3) is 0 Å². The van der Waals surface area contributed by atoms with Crippen molar-refractivity contribution in [2.75, 3.05) is 19.8 Å². The zero-order valence-corrected chi connectivity index (χ0v) is 11.3. The van der Waals surface area contributed by atoms with E-state index in [1.54, 1.807) is 6.07 Å². The Hall–Kier alpha value is -1.00. The number of hydrogen-bond acceptors (Lipinski definition) is 2. The lowest BCUT2D eigenvalue weighted by Crippen LogP contribution is -2.25. The third-order valence-electron chi connectivity index (χ3n) is 3.57. The Balaban J connectivity index is 2.10. The van der Waals surface area contributed by atoms with Crippen molar-refractivity contribution >= 4 is 0 Å². The van der Waals surface area contributed by atoms with E-state index < -0.39 is 11.6 Å². The first-order chi connectivity index (χ1) is 9.20. The smallest absolute Gasteiger partial charge is 0.130 e. The predicted molar refractivity (Wildman–Crippen MR) is 70.9 cm³/mol. The van der Waals surface area contributed by atoms with Gasteiger partial charge in [0.15, 0.2) is 0 Å². The predicted octanol–water partition coefficient (Wildman–Crippen LogP) is 3.43. The van der Waals surface area contributed by atoms with Gasteiger partial charge in [-0.25, -0.2) is 8.78 Å². The van der Waals surface area contributed by atoms with Gasteiger partial charge in [0.2, 0.25) is 0 Å². The minimum absolute atomic E-state index is 0.0627. The minimum atomic E-state index is -0.528. The van der Waals surface area contributed by atoms with Crippen LogP contribution in [-0.2, 0) is 4.74 Å². The van der Waals surface area contributed by atoms with Gasteiger partial charge in [-0.15, -0.1) is 0 Å². The summed E-state index contributed by atoms with van der Waals surface area (Å²) in [4.78, 5) is 0. The largest absolute Gasteiger partial charge is 0.381 e. The number of hydrogen-bond donors (Lipinski definition) is 1. The molecule has 106 valence electrons. The molecule has 4 heteroatoms. The Kier molecular flexibility index (Phi) is 5.28. The molecule has 2 rings (SSSR count). The maximum Gasteiger partial charge on any atom is 0.130 e. The van der Waals surface area contributed by atoms with Crippen LogP contribution in [0.4, 0.5) is 8.78 Å². The molecule has 0 aliphatic carbocycles. The molecule has 0 saturated carbocycles. The van der Waals surface area contributed by atoms with Gasteiger partial charge in [-0.05, 0) is 37.8 Å². The SMILES string of the molecule is CCCNC(CC1CCOC1)c1ccc(F)cc1F. The van der Waals surface area contributed by atoms with Gasteiger partial charge in [-0.1, -0.05) is 13.0 Å². The highest BCUT2D eigenvalue weighted by molar-refractivity contribution is 5.22. The first-order valence-electron chi connectivity index (χ1n) is 6.96. The summed E-state index contributed by atoms with van der Waals surface area (Å²) in [5, 5.41) is 3.35. The Morgan fingerprint density at radius 3 is 2.89 bits per heavy atom. The summed E-state index contributed by atoms with van der Waals surface area (Å²) >= 11 is 0. The van der Waals surface area contributed by atoms with E-state index in [-0.39, 0.29) is 6.04 Å². The third-order valence-corrected chi connectivity index (χ3v) is 3.57. The van der Waals surface area contributed by atoms with E-state index in [0.29, 0.717) is 11.5 Å². The van der Waals surface area contributed by atoms with Crippen LogP contribution in [0.15, 0.2) is 18.2 Å². The average Bonchev–Trinajstić information content (AvgIpc) is 2.88. The van der Waals surface area contributed by atoms with Crippen LogP contribution in [0, 0.1) is 17.6 Å². The average molecular weight is 269 g/mol. The molecule has 19 heavy (non-hydrogen) atoms. The molecule has 1 aromatic rings. The second kappa shape index (κ2) is 6.96. The van der Waals surface area contributed by atoms with Crippen molar-refractivity contribution in [1.29, 1.82) is 0 Å². The summed E-state index contributed by atoms with van der Waals surface area (Å²) in [6.45, 7) is 4.43. The second-order valence-electron chi connectivity index (χ2n) is 5.14. The lowest BCUT2D eigenvalue weighted by molar-refractivity contribution is 0.181. The first-order valence-corrected chi connectivity index (χ1v) is 6.96. The molecular weight excluding hydrogens is 248 g/mol. The maximum absolute atomic E-state index is 13.9. The lowest BCUT2D eigenvalue weighted by Gasteiger charge is -2.22. The molecule has 1 fully saturated rings. The summed E-state index contributed by atoms with van der Waals surface area (Å²) in [7, 11) is 0. The molecule has 1 heterocycles. The van der Waals surface area contributed by atoms with Gasteiger partial charge in [0, 0.05) is 30.9 Å². The lowest BCUT2D eigenvalue weighted by atomic mass is 9.93. The van der Waals surface area contributed by atoms with Crippen LogP contribution in [-0.4, -0.2) is 19.8 Å².